The number of carbonyl (C=O) groups is 2. The van der Waals surface area contributed by atoms with Crippen molar-refractivity contribution in [2.24, 2.45) is 5.92 Å². The van der Waals surface area contributed by atoms with Gasteiger partial charge in [0.05, 0.1) is 12.5 Å². The molecule has 1 N–H and O–H groups in total. The molecule has 0 spiro atoms. The molecule has 0 heterocycles. The molecule has 0 atom stereocenters. The molecule has 0 aromatic rings. The predicted molar refractivity (Wildman–Crippen MR) is 56.5 cm³/mol. The molecule has 0 amide bonds. The molecule has 88 valence electrons. The first-order chi connectivity index (χ1) is 7.04. The topological polar surface area (TPSA) is 63.6 Å². The van der Waals surface area contributed by atoms with Gasteiger partial charge in [-0.1, -0.05) is 26.7 Å². The number of aliphatic carboxylic acids is 1. The zero-order valence-electron chi connectivity index (χ0n) is 9.49. The first kappa shape index (κ1) is 13.9. The maximum absolute atomic E-state index is 11.0. The van der Waals surface area contributed by atoms with E-state index in [2.05, 4.69) is 0 Å². The minimum atomic E-state index is -0.749. The van der Waals surface area contributed by atoms with E-state index in [-0.39, 0.29) is 18.3 Å². The highest BCUT2D eigenvalue weighted by atomic mass is 16.5. The third-order valence-electron chi connectivity index (χ3n) is 2.00. The molecule has 0 aliphatic heterocycles. The minimum absolute atomic E-state index is 0.0722. The van der Waals surface area contributed by atoms with Gasteiger partial charge in [-0.25, -0.2) is 0 Å². The van der Waals surface area contributed by atoms with Crippen molar-refractivity contribution in [2.75, 3.05) is 6.61 Å². The SMILES string of the molecule is CC(C)C(=O)OCCCCCCC(=O)O. The number of rotatable bonds is 8. The fraction of sp³-hybridized carbons (Fsp3) is 0.818. The van der Waals surface area contributed by atoms with Gasteiger partial charge >= 0.3 is 11.9 Å². The van der Waals surface area contributed by atoms with Crippen LogP contribution in [0.3, 0.4) is 0 Å². The quantitative estimate of drug-likeness (QED) is 0.499. The Bertz CT molecular complexity index is 199. The summed E-state index contributed by atoms with van der Waals surface area (Å²) in [6, 6.07) is 0. The van der Waals surface area contributed by atoms with Gasteiger partial charge in [0.15, 0.2) is 0 Å². The second-order valence-corrected chi connectivity index (χ2v) is 3.88. The van der Waals surface area contributed by atoms with Crippen LogP contribution >= 0.6 is 0 Å². The van der Waals surface area contributed by atoms with Crippen LogP contribution in [0, 0.1) is 5.92 Å². The van der Waals surface area contributed by atoms with Crippen LogP contribution in [-0.4, -0.2) is 23.7 Å². The van der Waals surface area contributed by atoms with Crippen LogP contribution in [0.5, 0.6) is 0 Å². The Morgan fingerprint density at radius 1 is 1.13 bits per heavy atom. The predicted octanol–water partition coefficient (Wildman–Crippen LogP) is 2.22. The van der Waals surface area contributed by atoms with E-state index in [0.717, 1.165) is 19.3 Å². The summed E-state index contributed by atoms with van der Waals surface area (Å²) in [5, 5.41) is 8.38. The van der Waals surface area contributed by atoms with Gasteiger partial charge in [-0.15, -0.1) is 0 Å². The highest BCUT2D eigenvalue weighted by Crippen LogP contribution is 2.04. The van der Waals surface area contributed by atoms with Crippen LogP contribution in [0.2, 0.25) is 0 Å². The molecule has 0 bridgehead atoms. The maximum Gasteiger partial charge on any atom is 0.308 e. The van der Waals surface area contributed by atoms with Crippen LogP contribution in [0.1, 0.15) is 46.0 Å². The number of hydrogen-bond acceptors (Lipinski definition) is 3. The summed E-state index contributed by atoms with van der Waals surface area (Å²) in [6.45, 7) is 4.05. The Kier molecular flexibility index (Phi) is 7.68. The summed E-state index contributed by atoms with van der Waals surface area (Å²) in [5.41, 5.74) is 0. The molecule has 0 aliphatic carbocycles. The minimum Gasteiger partial charge on any atom is -0.481 e. The van der Waals surface area contributed by atoms with Crippen molar-refractivity contribution in [3.63, 3.8) is 0 Å². The number of ether oxygens (including phenoxy) is 1. The molecule has 0 aromatic heterocycles. The summed E-state index contributed by atoms with van der Waals surface area (Å²) in [6.07, 6.45) is 3.54. The number of hydrogen-bond donors (Lipinski definition) is 1. The largest absolute Gasteiger partial charge is 0.481 e. The van der Waals surface area contributed by atoms with Gasteiger partial charge in [-0.2, -0.15) is 0 Å². The second-order valence-electron chi connectivity index (χ2n) is 3.88. The van der Waals surface area contributed by atoms with Gasteiger partial charge < -0.3 is 9.84 Å². The Morgan fingerprint density at radius 3 is 2.27 bits per heavy atom. The summed E-state index contributed by atoms with van der Waals surface area (Å²) >= 11 is 0. The number of esters is 1. The molecule has 0 fully saturated rings. The van der Waals surface area contributed by atoms with Crippen molar-refractivity contribution in [3.8, 4) is 0 Å². The number of carboxylic acids is 1. The lowest BCUT2D eigenvalue weighted by Gasteiger charge is -2.06. The summed E-state index contributed by atoms with van der Waals surface area (Å²) in [7, 11) is 0. The third kappa shape index (κ3) is 9.25. The van der Waals surface area contributed by atoms with E-state index >= 15 is 0 Å². The van der Waals surface area contributed by atoms with Crippen LogP contribution in [-0.2, 0) is 14.3 Å². The van der Waals surface area contributed by atoms with Gasteiger partial charge in [-0.3, -0.25) is 9.59 Å². The highest BCUT2D eigenvalue weighted by Gasteiger charge is 2.06. The Balaban J connectivity index is 3.18. The van der Waals surface area contributed by atoms with E-state index in [1.807, 2.05) is 0 Å². The summed E-state index contributed by atoms with van der Waals surface area (Å²) in [4.78, 5) is 21.2. The molecular weight excluding hydrogens is 196 g/mol. The summed E-state index contributed by atoms with van der Waals surface area (Å²) < 4.78 is 4.98. The summed E-state index contributed by atoms with van der Waals surface area (Å²) in [5.74, 6) is -0.987. The fourth-order valence-electron chi connectivity index (χ4n) is 1.07. The maximum atomic E-state index is 11.0. The molecule has 15 heavy (non-hydrogen) atoms. The van der Waals surface area contributed by atoms with Crippen molar-refractivity contribution in [3.05, 3.63) is 0 Å². The molecule has 0 saturated heterocycles. The van der Waals surface area contributed by atoms with Crippen LogP contribution in [0.15, 0.2) is 0 Å². The first-order valence-electron chi connectivity index (χ1n) is 5.42. The molecule has 0 aliphatic rings. The lowest BCUT2D eigenvalue weighted by Crippen LogP contribution is -2.12. The molecule has 0 radical (unpaired) electrons. The van der Waals surface area contributed by atoms with Crippen molar-refractivity contribution in [1.82, 2.24) is 0 Å². The van der Waals surface area contributed by atoms with E-state index in [4.69, 9.17) is 9.84 Å². The lowest BCUT2D eigenvalue weighted by molar-refractivity contribution is -0.147. The molecule has 4 nitrogen and oxygen atoms in total. The normalized spacial score (nSPS) is 10.3. The zero-order chi connectivity index (χ0) is 11.7. The van der Waals surface area contributed by atoms with E-state index in [9.17, 15) is 9.59 Å². The van der Waals surface area contributed by atoms with E-state index in [0.29, 0.717) is 13.0 Å². The monoisotopic (exact) mass is 216 g/mol. The molecule has 0 rings (SSSR count). The number of carbonyl (C=O) groups excluding carboxylic acids is 1. The molecule has 0 aromatic carbocycles. The highest BCUT2D eigenvalue weighted by molar-refractivity contribution is 5.71. The van der Waals surface area contributed by atoms with Crippen molar-refractivity contribution < 1.29 is 19.4 Å². The Morgan fingerprint density at radius 2 is 1.73 bits per heavy atom. The Hall–Kier alpha value is -1.06. The number of unbranched alkanes of at least 4 members (excludes halogenated alkanes) is 3. The Labute approximate surface area is 90.6 Å². The average Bonchev–Trinajstić information content (AvgIpc) is 2.15. The zero-order valence-corrected chi connectivity index (χ0v) is 9.49. The van der Waals surface area contributed by atoms with Gasteiger partial charge in [-0.05, 0) is 12.8 Å². The van der Waals surface area contributed by atoms with Crippen LogP contribution in [0.25, 0.3) is 0 Å². The lowest BCUT2D eigenvalue weighted by atomic mass is 10.1. The van der Waals surface area contributed by atoms with Crippen LogP contribution < -0.4 is 0 Å². The molecule has 0 unspecified atom stereocenters. The second kappa shape index (κ2) is 8.26. The van der Waals surface area contributed by atoms with Crippen LogP contribution in [0.4, 0.5) is 0 Å². The molecule has 4 heteroatoms. The van der Waals surface area contributed by atoms with E-state index in [1.54, 1.807) is 13.8 Å². The fourth-order valence-corrected chi connectivity index (χ4v) is 1.07. The average molecular weight is 216 g/mol. The van der Waals surface area contributed by atoms with Gasteiger partial charge in [0.25, 0.3) is 0 Å². The van der Waals surface area contributed by atoms with Gasteiger partial charge in [0, 0.05) is 6.42 Å². The third-order valence-corrected chi connectivity index (χ3v) is 2.00. The smallest absolute Gasteiger partial charge is 0.308 e. The first-order valence-corrected chi connectivity index (χ1v) is 5.42. The van der Waals surface area contributed by atoms with Gasteiger partial charge in [0.1, 0.15) is 0 Å². The van der Waals surface area contributed by atoms with Crippen molar-refractivity contribution >= 4 is 11.9 Å². The molecular formula is C11H20O4. The standard InChI is InChI=1S/C11H20O4/c1-9(2)11(14)15-8-6-4-3-5-7-10(12)13/h9H,3-8H2,1-2H3,(H,12,13). The van der Waals surface area contributed by atoms with Gasteiger partial charge in [0.2, 0.25) is 0 Å². The number of carboxylic acid groups (broad SMARTS) is 1. The van der Waals surface area contributed by atoms with Crippen molar-refractivity contribution in [2.45, 2.75) is 46.0 Å². The van der Waals surface area contributed by atoms with Crippen molar-refractivity contribution in [1.29, 1.82) is 0 Å². The van der Waals surface area contributed by atoms with E-state index < -0.39 is 5.97 Å². The van der Waals surface area contributed by atoms with E-state index in [1.165, 1.54) is 0 Å². The molecule has 0 saturated carbocycles.